The van der Waals surface area contributed by atoms with Gasteiger partial charge in [-0.25, -0.2) is 8.42 Å². The van der Waals surface area contributed by atoms with Crippen LogP contribution in [0.25, 0.3) is 0 Å². The fourth-order valence-corrected chi connectivity index (χ4v) is 3.52. The lowest BCUT2D eigenvalue weighted by molar-refractivity contribution is 0.102. The third-order valence-corrected chi connectivity index (χ3v) is 5.88. The number of benzene rings is 2. The van der Waals surface area contributed by atoms with Crippen LogP contribution in [-0.4, -0.2) is 31.7 Å². The molecule has 0 spiro atoms. The van der Waals surface area contributed by atoms with Crippen LogP contribution in [0.2, 0.25) is 5.02 Å². The Morgan fingerprint density at radius 3 is 2.33 bits per heavy atom. The van der Waals surface area contributed by atoms with Crippen molar-refractivity contribution in [3.05, 3.63) is 59.1 Å². The molecule has 1 amide bonds. The minimum Gasteiger partial charge on any atom is -0.322 e. The molecule has 0 aliphatic heterocycles. The standard InChI is InChI=1S/C17H19ClN2O3S/c1-12(2)20(3)24(22,23)16-6-4-5-13(11-16)17(21)19-15-9-7-14(18)8-10-15/h4-12H,1-3H3,(H,19,21). The highest BCUT2D eigenvalue weighted by Crippen LogP contribution is 2.19. The zero-order valence-corrected chi connectivity index (χ0v) is 15.2. The summed E-state index contributed by atoms with van der Waals surface area (Å²) in [6, 6.07) is 12.5. The minimum absolute atomic E-state index is 0.0856. The Hall–Kier alpha value is -1.89. The number of carbonyl (C=O) groups is 1. The van der Waals surface area contributed by atoms with Crippen molar-refractivity contribution in [2.24, 2.45) is 0 Å². The Kier molecular flexibility index (Phi) is 5.64. The largest absolute Gasteiger partial charge is 0.322 e. The van der Waals surface area contributed by atoms with Crippen molar-refractivity contribution >= 4 is 33.2 Å². The van der Waals surface area contributed by atoms with Crippen molar-refractivity contribution in [3.8, 4) is 0 Å². The zero-order chi connectivity index (χ0) is 17.9. The maximum absolute atomic E-state index is 12.5. The van der Waals surface area contributed by atoms with Gasteiger partial charge in [-0.15, -0.1) is 0 Å². The van der Waals surface area contributed by atoms with Crippen LogP contribution in [0.5, 0.6) is 0 Å². The van der Waals surface area contributed by atoms with Crippen LogP contribution in [0.3, 0.4) is 0 Å². The SMILES string of the molecule is CC(C)N(C)S(=O)(=O)c1cccc(C(=O)Nc2ccc(Cl)cc2)c1. The van der Waals surface area contributed by atoms with Crippen molar-refractivity contribution in [2.75, 3.05) is 12.4 Å². The summed E-state index contributed by atoms with van der Waals surface area (Å²) in [6.45, 7) is 3.57. The second kappa shape index (κ2) is 7.34. The second-order valence-electron chi connectivity index (χ2n) is 5.60. The number of hydrogen-bond donors (Lipinski definition) is 1. The monoisotopic (exact) mass is 366 g/mol. The van der Waals surface area contributed by atoms with Crippen LogP contribution in [0, 0.1) is 0 Å². The highest BCUT2D eigenvalue weighted by Gasteiger charge is 2.23. The summed E-state index contributed by atoms with van der Waals surface area (Å²) in [5.41, 5.74) is 0.847. The molecular formula is C17H19ClN2O3S. The van der Waals surface area contributed by atoms with Crippen molar-refractivity contribution < 1.29 is 13.2 Å². The zero-order valence-electron chi connectivity index (χ0n) is 13.7. The third-order valence-electron chi connectivity index (χ3n) is 3.60. The van der Waals surface area contributed by atoms with Gasteiger partial charge in [0.05, 0.1) is 4.90 Å². The maximum atomic E-state index is 12.5. The lowest BCUT2D eigenvalue weighted by atomic mass is 10.2. The summed E-state index contributed by atoms with van der Waals surface area (Å²) in [7, 11) is -2.12. The Labute approximate surface area is 147 Å². The summed E-state index contributed by atoms with van der Waals surface area (Å²) < 4.78 is 26.3. The van der Waals surface area contributed by atoms with E-state index in [-0.39, 0.29) is 22.4 Å². The summed E-state index contributed by atoms with van der Waals surface area (Å²) in [4.78, 5) is 12.4. The lowest BCUT2D eigenvalue weighted by Gasteiger charge is -2.21. The van der Waals surface area contributed by atoms with Gasteiger partial charge in [-0.1, -0.05) is 17.7 Å². The van der Waals surface area contributed by atoms with Crippen LogP contribution in [0.4, 0.5) is 5.69 Å². The van der Waals surface area contributed by atoms with E-state index in [1.165, 1.54) is 23.5 Å². The van der Waals surface area contributed by atoms with E-state index in [9.17, 15) is 13.2 Å². The number of nitrogens with zero attached hydrogens (tertiary/aromatic N) is 1. The Morgan fingerprint density at radius 1 is 1.12 bits per heavy atom. The van der Waals surface area contributed by atoms with Gasteiger partial charge in [-0.3, -0.25) is 4.79 Å². The van der Waals surface area contributed by atoms with Gasteiger partial charge in [0.15, 0.2) is 0 Å². The first kappa shape index (κ1) is 18.4. The number of amides is 1. The Balaban J connectivity index is 2.27. The van der Waals surface area contributed by atoms with Crippen LogP contribution in [0.15, 0.2) is 53.4 Å². The molecule has 0 aromatic heterocycles. The normalized spacial score (nSPS) is 11.8. The van der Waals surface area contributed by atoms with Crippen LogP contribution >= 0.6 is 11.6 Å². The molecule has 0 saturated carbocycles. The van der Waals surface area contributed by atoms with E-state index in [1.54, 1.807) is 50.2 Å². The summed E-state index contributed by atoms with van der Waals surface area (Å²) in [5.74, 6) is -0.387. The van der Waals surface area contributed by atoms with E-state index >= 15 is 0 Å². The van der Waals surface area contributed by atoms with Gasteiger partial charge in [0.1, 0.15) is 0 Å². The predicted molar refractivity (Wildman–Crippen MR) is 95.9 cm³/mol. The van der Waals surface area contributed by atoms with Crippen molar-refractivity contribution in [1.82, 2.24) is 4.31 Å². The number of rotatable bonds is 5. The van der Waals surface area contributed by atoms with Crippen LogP contribution in [-0.2, 0) is 10.0 Å². The van der Waals surface area contributed by atoms with Gasteiger partial charge in [-0.05, 0) is 56.3 Å². The molecule has 0 unspecified atom stereocenters. The first-order valence-corrected chi connectivity index (χ1v) is 9.18. The van der Waals surface area contributed by atoms with E-state index in [0.717, 1.165) is 0 Å². The molecule has 0 aliphatic carbocycles. The molecule has 24 heavy (non-hydrogen) atoms. The molecule has 0 aliphatic rings. The third kappa shape index (κ3) is 4.14. The smallest absolute Gasteiger partial charge is 0.255 e. The molecule has 0 saturated heterocycles. The summed E-state index contributed by atoms with van der Waals surface area (Å²) in [6.07, 6.45) is 0. The number of nitrogens with one attached hydrogen (secondary N) is 1. The van der Waals surface area contributed by atoms with E-state index < -0.39 is 10.0 Å². The minimum atomic E-state index is -3.64. The average molecular weight is 367 g/mol. The summed E-state index contributed by atoms with van der Waals surface area (Å²) >= 11 is 5.81. The Bertz CT molecular complexity index is 833. The molecule has 0 atom stereocenters. The van der Waals surface area contributed by atoms with Gasteiger partial charge in [-0.2, -0.15) is 4.31 Å². The molecule has 2 rings (SSSR count). The average Bonchev–Trinajstić information content (AvgIpc) is 2.56. The molecule has 7 heteroatoms. The van der Waals surface area contributed by atoms with Gasteiger partial charge in [0, 0.05) is 29.4 Å². The molecule has 0 bridgehead atoms. The van der Waals surface area contributed by atoms with Gasteiger partial charge < -0.3 is 5.32 Å². The molecule has 0 heterocycles. The molecule has 2 aromatic rings. The number of carbonyl (C=O) groups excluding carboxylic acids is 1. The Morgan fingerprint density at radius 2 is 1.75 bits per heavy atom. The topological polar surface area (TPSA) is 66.5 Å². The van der Waals surface area contributed by atoms with Gasteiger partial charge in [0.2, 0.25) is 10.0 Å². The van der Waals surface area contributed by atoms with Crippen LogP contribution in [0.1, 0.15) is 24.2 Å². The molecule has 5 nitrogen and oxygen atoms in total. The van der Waals surface area contributed by atoms with E-state index in [4.69, 9.17) is 11.6 Å². The number of anilines is 1. The highest BCUT2D eigenvalue weighted by atomic mass is 35.5. The molecule has 2 aromatic carbocycles. The van der Waals surface area contributed by atoms with Gasteiger partial charge in [0.25, 0.3) is 5.91 Å². The molecule has 0 fully saturated rings. The van der Waals surface area contributed by atoms with E-state index in [2.05, 4.69) is 5.32 Å². The molecular weight excluding hydrogens is 348 g/mol. The number of halogens is 1. The molecule has 0 radical (unpaired) electrons. The molecule has 1 N–H and O–H groups in total. The van der Waals surface area contributed by atoms with E-state index in [0.29, 0.717) is 10.7 Å². The number of sulfonamides is 1. The number of hydrogen-bond acceptors (Lipinski definition) is 3. The second-order valence-corrected chi connectivity index (χ2v) is 8.04. The van der Waals surface area contributed by atoms with Gasteiger partial charge >= 0.3 is 0 Å². The first-order chi connectivity index (χ1) is 11.2. The predicted octanol–water partition coefficient (Wildman–Crippen LogP) is 3.62. The van der Waals surface area contributed by atoms with Crippen molar-refractivity contribution in [2.45, 2.75) is 24.8 Å². The summed E-state index contributed by atoms with van der Waals surface area (Å²) in [5, 5.41) is 3.28. The maximum Gasteiger partial charge on any atom is 0.255 e. The lowest BCUT2D eigenvalue weighted by Crippen LogP contribution is -2.33. The van der Waals surface area contributed by atoms with Crippen molar-refractivity contribution in [1.29, 1.82) is 0 Å². The highest BCUT2D eigenvalue weighted by molar-refractivity contribution is 7.89. The fourth-order valence-electron chi connectivity index (χ4n) is 1.98. The first-order valence-electron chi connectivity index (χ1n) is 7.37. The van der Waals surface area contributed by atoms with E-state index in [1.807, 2.05) is 0 Å². The van der Waals surface area contributed by atoms with Crippen LogP contribution < -0.4 is 5.32 Å². The van der Waals surface area contributed by atoms with Crippen molar-refractivity contribution in [3.63, 3.8) is 0 Å². The molecule has 128 valence electrons. The quantitative estimate of drug-likeness (QED) is 0.878. The fraction of sp³-hybridized carbons (Fsp3) is 0.235.